The van der Waals surface area contributed by atoms with E-state index in [1.54, 1.807) is 24.3 Å². The molecule has 1 aromatic carbocycles. The molecule has 6 heteroatoms. The van der Waals surface area contributed by atoms with Gasteiger partial charge in [0, 0.05) is 19.1 Å². The fourth-order valence-electron chi connectivity index (χ4n) is 1.76. The summed E-state index contributed by atoms with van der Waals surface area (Å²) in [6.07, 6.45) is -0.437. The third kappa shape index (κ3) is 7.08. The fraction of sp³-hybridized carbons (Fsp3) is 0.500. The van der Waals surface area contributed by atoms with E-state index in [0.717, 1.165) is 5.56 Å². The van der Waals surface area contributed by atoms with Crippen molar-refractivity contribution < 1.29 is 19.4 Å². The van der Waals surface area contributed by atoms with Gasteiger partial charge in [0.25, 0.3) is 0 Å². The second-order valence-corrected chi connectivity index (χ2v) is 6.18. The van der Waals surface area contributed by atoms with Gasteiger partial charge in [0.15, 0.2) is 0 Å². The monoisotopic (exact) mass is 308 g/mol. The first-order valence-corrected chi connectivity index (χ1v) is 7.20. The maximum absolute atomic E-state index is 11.6. The van der Waals surface area contributed by atoms with Gasteiger partial charge in [-0.05, 0) is 45.4 Å². The molecular weight excluding hydrogens is 284 g/mol. The van der Waals surface area contributed by atoms with Gasteiger partial charge in [0.05, 0.1) is 5.56 Å². The van der Waals surface area contributed by atoms with Crippen molar-refractivity contribution >= 4 is 12.1 Å². The van der Waals surface area contributed by atoms with Gasteiger partial charge in [0.1, 0.15) is 5.60 Å². The second-order valence-electron chi connectivity index (χ2n) is 6.18. The Morgan fingerprint density at radius 1 is 1.23 bits per heavy atom. The second kappa shape index (κ2) is 7.79. The summed E-state index contributed by atoms with van der Waals surface area (Å²) in [7, 11) is 0. The van der Waals surface area contributed by atoms with Crippen molar-refractivity contribution in [1.29, 1.82) is 0 Å². The van der Waals surface area contributed by atoms with Gasteiger partial charge < -0.3 is 20.5 Å². The van der Waals surface area contributed by atoms with Crippen LogP contribution in [-0.2, 0) is 11.3 Å². The third-order valence-electron chi connectivity index (χ3n) is 2.74. The first-order valence-electron chi connectivity index (χ1n) is 7.20. The Hall–Kier alpha value is -2.08. The molecule has 0 saturated carbocycles. The van der Waals surface area contributed by atoms with Gasteiger partial charge >= 0.3 is 12.1 Å². The minimum Gasteiger partial charge on any atom is -0.478 e. The van der Waals surface area contributed by atoms with Gasteiger partial charge in [-0.2, -0.15) is 0 Å². The van der Waals surface area contributed by atoms with Gasteiger partial charge in [-0.25, -0.2) is 9.59 Å². The number of hydrogen-bond acceptors (Lipinski definition) is 4. The molecular formula is C16H24N2O4. The maximum Gasteiger partial charge on any atom is 0.407 e. The third-order valence-corrected chi connectivity index (χ3v) is 2.74. The predicted octanol–water partition coefficient (Wildman–Crippen LogP) is 2.39. The Morgan fingerprint density at radius 3 is 2.32 bits per heavy atom. The standard InChI is InChI=1S/C16H24N2O4/c1-11(18-15(21)22-16(2,3)4)9-17-10-12-5-7-13(8-6-12)14(19)20/h5-8,11,17H,9-10H2,1-4H3,(H,18,21)(H,19,20). The quantitative estimate of drug-likeness (QED) is 0.751. The summed E-state index contributed by atoms with van der Waals surface area (Å²) in [5.41, 5.74) is 0.738. The largest absolute Gasteiger partial charge is 0.478 e. The molecule has 0 spiro atoms. The molecule has 0 aliphatic rings. The van der Waals surface area contributed by atoms with E-state index >= 15 is 0 Å². The fourth-order valence-corrected chi connectivity index (χ4v) is 1.76. The highest BCUT2D eigenvalue weighted by atomic mass is 16.6. The lowest BCUT2D eigenvalue weighted by molar-refractivity contribution is 0.0507. The van der Waals surface area contributed by atoms with E-state index in [2.05, 4.69) is 10.6 Å². The molecule has 1 aromatic rings. The topological polar surface area (TPSA) is 87.7 Å². The van der Waals surface area contributed by atoms with Crippen LogP contribution in [0, 0.1) is 0 Å². The number of aromatic carboxylic acids is 1. The number of ether oxygens (including phenoxy) is 1. The van der Waals surface area contributed by atoms with E-state index in [9.17, 15) is 9.59 Å². The molecule has 0 saturated heterocycles. The molecule has 1 amide bonds. The lowest BCUT2D eigenvalue weighted by Gasteiger charge is -2.22. The first-order chi connectivity index (χ1) is 10.2. The van der Waals surface area contributed by atoms with Crippen LogP contribution >= 0.6 is 0 Å². The highest BCUT2D eigenvalue weighted by molar-refractivity contribution is 5.87. The zero-order chi connectivity index (χ0) is 16.8. The SMILES string of the molecule is CC(CNCc1ccc(C(=O)O)cc1)NC(=O)OC(C)(C)C. The normalized spacial score (nSPS) is 12.5. The lowest BCUT2D eigenvalue weighted by Crippen LogP contribution is -2.42. The number of rotatable bonds is 6. The van der Waals surface area contributed by atoms with Crippen LogP contribution in [0.2, 0.25) is 0 Å². The lowest BCUT2D eigenvalue weighted by atomic mass is 10.1. The molecule has 0 fully saturated rings. The molecule has 3 N–H and O–H groups in total. The maximum atomic E-state index is 11.6. The average molecular weight is 308 g/mol. The first kappa shape index (κ1) is 18.0. The molecule has 0 radical (unpaired) electrons. The van der Waals surface area contributed by atoms with E-state index in [0.29, 0.717) is 13.1 Å². The molecule has 6 nitrogen and oxygen atoms in total. The van der Waals surface area contributed by atoms with E-state index in [-0.39, 0.29) is 11.6 Å². The van der Waals surface area contributed by atoms with Crippen molar-refractivity contribution in [3.63, 3.8) is 0 Å². The van der Waals surface area contributed by atoms with Crippen molar-refractivity contribution in [3.05, 3.63) is 35.4 Å². The van der Waals surface area contributed by atoms with Crippen molar-refractivity contribution in [3.8, 4) is 0 Å². The smallest absolute Gasteiger partial charge is 0.407 e. The van der Waals surface area contributed by atoms with Crippen molar-refractivity contribution in [2.75, 3.05) is 6.54 Å². The molecule has 1 unspecified atom stereocenters. The van der Waals surface area contributed by atoms with Crippen LogP contribution < -0.4 is 10.6 Å². The summed E-state index contributed by atoms with van der Waals surface area (Å²) < 4.78 is 5.18. The highest BCUT2D eigenvalue weighted by Crippen LogP contribution is 2.07. The van der Waals surface area contributed by atoms with E-state index in [1.807, 2.05) is 27.7 Å². The number of hydrogen-bond donors (Lipinski definition) is 3. The minimum absolute atomic E-state index is 0.0758. The highest BCUT2D eigenvalue weighted by Gasteiger charge is 2.17. The minimum atomic E-state index is -0.935. The molecule has 0 aliphatic carbocycles. The number of carboxylic acids is 1. The molecule has 0 aliphatic heterocycles. The summed E-state index contributed by atoms with van der Waals surface area (Å²) in [5.74, 6) is -0.935. The summed E-state index contributed by atoms with van der Waals surface area (Å²) in [4.78, 5) is 22.3. The summed E-state index contributed by atoms with van der Waals surface area (Å²) in [5, 5.41) is 14.8. The van der Waals surface area contributed by atoms with Crippen LogP contribution in [0.5, 0.6) is 0 Å². The number of benzene rings is 1. The zero-order valence-corrected chi connectivity index (χ0v) is 13.5. The van der Waals surface area contributed by atoms with Crippen LogP contribution in [0.1, 0.15) is 43.6 Å². The Morgan fingerprint density at radius 2 is 1.82 bits per heavy atom. The Kier molecular flexibility index (Phi) is 6.37. The molecule has 0 bridgehead atoms. The Balaban J connectivity index is 2.31. The Labute approximate surface area is 130 Å². The van der Waals surface area contributed by atoms with Crippen molar-refractivity contribution in [2.45, 2.75) is 45.9 Å². The Bertz CT molecular complexity index is 506. The van der Waals surface area contributed by atoms with E-state index < -0.39 is 17.7 Å². The summed E-state index contributed by atoms with van der Waals surface area (Å²) >= 11 is 0. The number of carbonyl (C=O) groups is 2. The molecule has 122 valence electrons. The van der Waals surface area contributed by atoms with Crippen LogP contribution in [-0.4, -0.2) is 35.4 Å². The van der Waals surface area contributed by atoms with Gasteiger partial charge in [0.2, 0.25) is 0 Å². The van der Waals surface area contributed by atoms with Gasteiger partial charge in [-0.15, -0.1) is 0 Å². The van der Waals surface area contributed by atoms with Crippen molar-refractivity contribution in [2.24, 2.45) is 0 Å². The molecule has 22 heavy (non-hydrogen) atoms. The predicted molar refractivity (Wildman–Crippen MR) is 83.9 cm³/mol. The molecule has 0 heterocycles. The van der Waals surface area contributed by atoms with Gasteiger partial charge in [-0.3, -0.25) is 0 Å². The van der Waals surface area contributed by atoms with E-state index in [1.165, 1.54) is 0 Å². The van der Waals surface area contributed by atoms with Crippen LogP contribution in [0.4, 0.5) is 4.79 Å². The number of carboxylic acid groups (broad SMARTS) is 1. The summed E-state index contributed by atoms with van der Waals surface area (Å²) in [6, 6.07) is 6.60. The number of nitrogens with one attached hydrogen (secondary N) is 2. The van der Waals surface area contributed by atoms with Crippen molar-refractivity contribution in [1.82, 2.24) is 10.6 Å². The molecule has 0 aromatic heterocycles. The average Bonchev–Trinajstić information content (AvgIpc) is 2.36. The number of carbonyl (C=O) groups excluding carboxylic acids is 1. The number of amides is 1. The zero-order valence-electron chi connectivity index (χ0n) is 13.5. The molecule has 1 atom stereocenters. The molecule has 1 rings (SSSR count). The van der Waals surface area contributed by atoms with Gasteiger partial charge in [-0.1, -0.05) is 12.1 Å². The van der Waals surface area contributed by atoms with E-state index in [4.69, 9.17) is 9.84 Å². The van der Waals surface area contributed by atoms with Crippen LogP contribution in [0.15, 0.2) is 24.3 Å². The van der Waals surface area contributed by atoms with Crippen LogP contribution in [0.25, 0.3) is 0 Å². The summed E-state index contributed by atoms with van der Waals surface area (Å²) in [6.45, 7) is 8.51. The number of alkyl carbamates (subject to hydrolysis) is 1. The van der Waals surface area contributed by atoms with Crippen LogP contribution in [0.3, 0.4) is 0 Å².